The van der Waals surface area contributed by atoms with Crippen LogP contribution in [0.1, 0.15) is 38.5 Å². The van der Waals surface area contributed by atoms with Gasteiger partial charge in [0.2, 0.25) is 11.1 Å². The van der Waals surface area contributed by atoms with Crippen LogP contribution in [0.4, 0.5) is 0 Å². The normalized spacial score (nSPS) is 31.9. The van der Waals surface area contributed by atoms with Gasteiger partial charge in [-0.05, 0) is 56.3 Å². The van der Waals surface area contributed by atoms with Gasteiger partial charge in [-0.1, -0.05) is 42.1 Å². The fourth-order valence-electron chi connectivity index (χ4n) is 5.76. The van der Waals surface area contributed by atoms with Crippen molar-refractivity contribution in [2.24, 2.45) is 17.8 Å². The number of thioether (sulfide) groups is 1. The van der Waals surface area contributed by atoms with Gasteiger partial charge in [-0.3, -0.25) is 9.89 Å². The fraction of sp³-hybridized carbons (Fsp3) is 0.550. The highest BCUT2D eigenvalue weighted by atomic mass is 32.2. The minimum absolute atomic E-state index is 0.0839. The van der Waals surface area contributed by atoms with Crippen molar-refractivity contribution < 1.29 is 4.79 Å². The highest BCUT2D eigenvalue weighted by Crippen LogP contribution is 2.55. The summed E-state index contributed by atoms with van der Waals surface area (Å²) in [5.74, 6) is 3.79. The maximum atomic E-state index is 12.6. The molecule has 1 aromatic carbocycles. The largest absolute Gasteiger partial charge is 0.350 e. The number of carbonyl (C=O) groups excluding carboxylic acids is 1. The molecule has 6 rings (SSSR count). The van der Waals surface area contributed by atoms with E-state index in [1.54, 1.807) is 0 Å². The van der Waals surface area contributed by atoms with Crippen LogP contribution in [-0.4, -0.2) is 32.4 Å². The van der Waals surface area contributed by atoms with Crippen LogP contribution in [0.15, 0.2) is 35.5 Å². The second-order valence-electron chi connectivity index (χ2n) is 8.37. The summed E-state index contributed by atoms with van der Waals surface area (Å²) in [5.41, 5.74) is 1.09. The van der Waals surface area contributed by atoms with E-state index in [-0.39, 0.29) is 11.4 Å². The van der Waals surface area contributed by atoms with Gasteiger partial charge in [0.15, 0.2) is 5.82 Å². The van der Waals surface area contributed by atoms with Crippen LogP contribution in [0, 0.1) is 17.8 Å². The lowest BCUT2D eigenvalue weighted by Crippen LogP contribution is -2.60. The van der Waals surface area contributed by atoms with Crippen molar-refractivity contribution in [1.82, 2.24) is 20.5 Å². The number of aromatic amines is 1. The van der Waals surface area contributed by atoms with Gasteiger partial charge >= 0.3 is 0 Å². The Morgan fingerprint density at radius 2 is 1.77 bits per heavy atom. The molecular formula is C20H24N4OS. The molecule has 6 heteroatoms. The zero-order chi connectivity index (χ0) is 17.6. The maximum absolute atomic E-state index is 12.6. The van der Waals surface area contributed by atoms with Crippen molar-refractivity contribution >= 4 is 17.7 Å². The highest BCUT2D eigenvalue weighted by Gasteiger charge is 2.51. The van der Waals surface area contributed by atoms with E-state index in [0.29, 0.717) is 10.9 Å². The van der Waals surface area contributed by atoms with E-state index in [9.17, 15) is 4.79 Å². The second kappa shape index (κ2) is 6.41. The number of nitrogens with one attached hydrogen (secondary N) is 2. The predicted molar refractivity (Wildman–Crippen MR) is 102 cm³/mol. The van der Waals surface area contributed by atoms with E-state index < -0.39 is 0 Å². The van der Waals surface area contributed by atoms with Gasteiger partial charge in [0.1, 0.15) is 0 Å². The smallest absolute Gasteiger partial charge is 0.230 e. The lowest BCUT2D eigenvalue weighted by molar-refractivity contribution is -0.124. The summed E-state index contributed by atoms with van der Waals surface area (Å²) < 4.78 is 0. The van der Waals surface area contributed by atoms with E-state index >= 15 is 0 Å². The molecule has 136 valence electrons. The number of carbonyl (C=O) groups is 1. The molecule has 0 radical (unpaired) electrons. The Hall–Kier alpha value is -1.82. The summed E-state index contributed by atoms with van der Waals surface area (Å²) in [4.78, 5) is 17.1. The summed E-state index contributed by atoms with van der Waals surface area (Å²) in [6, 6.07) is 9.92. The molecule has 1 amide bonds. The second-order valence-corrected chi connectivity index (χ2v) is 9.31. The Morgan fingerprint density at radius 3 is 2.42 bits per heavy atom. The molecule has 4 fully saturated rings. The number of amides is 1. The molecule has 2 N–H and O–H groups in total. The first-order valence-electron chi connectivity index (χ1n) is 9.59. The lowest BCUT2D eigenvalue weighted by Gasteiger charge is -2.56. The number of hydrogen-bond donors (Lipinski definition) is 2. The van der Waals surface area contributed by atoms with Gasteiger partial charge in [-0.25, -0.2) is 4.98 Å². The average molecular weight is 369 g/mol. The third kappa shape index (κ3) is 3.15. The van der Waals surface area contributed by atoms with Crippen LogP contribution in [0.3, 0.4) is 0 Å². The number of nitrogens with zero attached hydrogens (tertiary/aromatic N) is 2. The number of aromatic nitrogens is 3. The third-order valence-electron chi connectivity index (χ3n) is 6.29. The Labute approximate surface area is 157 Å². The predicted octanol–water partition coefficient (Wildman–Crippen LogP) is 3.65. The van der Waals surface area contributed by atoms with Crippen molar-refractivity contribution in [3.8, 4) is 11.4 Å². The van der Waals surface area contributed by atoms with Crippen molar-refractivity contribution in [3.63, 3.8) is 0 Å². The minimum atomic E-state index is 0.0839. The van der Waals surface area contributed by atoms with E-state index in [0.717, 1.165) is 29.1 Å². The van der Waals surface area contributed by atoms with Crippen molar-refractivity contribution in [2.75, 3.05) is 5.75 Å². The Balaban J connectivity index is 1.19. The highest BCUT2D eigenvalue weighted by molar-refractivity contribution is 7.99. The molecule has 5 nitrogen and oxygen atoms in total. The molecule has 0 unspecified atom stereocenters. The quantitative estimate of drug-likeness (QED) is 0.791. The average Bonchev–Trinajstić information content (AvgIpc) is 3.08. The third-order valence-corrected chi connectivity index (χ3v) is 7.13. The molecular weight excluding hydrogens is 344 g/mol. The standard InChI is InChI=1S/C20H24N4OS/c25-17(22-20-9-13-6-14(10-20)8-15(7-13)11-20)12-26-19-21-18(23-24-19)16-4-2-1-3-5-16/h1-5,13-15H,6-12H2,(H,22,25)(H,21,23,24). The number of rotatable bonds is 5. The van der Waals surface area contributed by atoms with Crippen molar-refractivity contribution in [2.45, 2.75) is 49.2 Å². The molecule has 4 aliphatic rings. The summed E-state index contributed by atoms with van der Waals surface area (Å²) in [6.07, 6.45) is 7.74. The van der Waals surface area contributed by atoms with Gasteiger partial charge < -0.3 is 5.32 Å². The van der Waals surface area contributed by atoms with Gasteiger partial charge in [0.25, 0.3) is 0 Å². The number of hydrogen-bond acceptors (Lipinski definition) is 4. The van der Waals surface area contributed by atoms with Crippen molar-refractivity contribution in [3.05, 3.63) is 30.3 Å². The van der Waals surface area contributed by atoms with Crippen LogP contribution < -0.4 is 5.32 Å². The Bertz CT molecular complexity index is 768. The lowest BCUT2D eigenvalue weighted by atomic mass is 9.53. The molecule has 0 saturated heterocycles. The minimum Gasteiger partial charge on any atom is -0.350 e. The Kier molecular flexibility index (Phi) is 4.03. The molecule has 0 aliphatic heterocycles. The van der Waals surface area contributed by atoms with Crippen LogP contribution in [0.25, 0.3) is 11.4 Å². The molecule has 0 spiro atoms. The van der Waals surface area contributed by atoms with E-state index in [2.05, 4.69) is 20.5 Å². The van der Waals surface area contributed by atoms with Crippen molar-refractivity contribution in [1.29, 1.82) is 0 Å². The van der Waals surface area contributed by atoms with Crippen LogP contribution in [0.5, 0.6) is 0 Å². The molecule has 26 heavy (non-hydrogen) atoms. The van der Waals surface area contributed by atoms with Gasteiger partial charge in [0, 0.05) is 11.1 Å². The first-order chi connectivity index (χ1) is 12.7. The monoisotopic (exact) mass is 368 g/mol. The fourth-order valence-corrected chi connectivity index (χ4v) is 6.36. The first kappa shape index (κ1) is 16.4. The van der Waals surface area contributed by atoms with E-state index in [1.165, 1.54) is 50.3 Å². The molecule has 4 aliphatic carbocycles. The van der Waals surface area contributed by atoms with Gasteiger partial charge in [-0.2, -0.15) is 0 Å². The molecule has 4 saturated carbocycles. The van der Waals surface area contributed by atoms with Gasteiger partial charge in [-0.15, -0.1) is 5.10 Å². The van der Waals surface area contributed by atoms with E-state index in [4.69, 9.17) is 0 Å². The molecule has 0 atom stereocenters. The Morgan fingerprint density at radius 1 is 1.12 bits per heavy atom. The summed E-state index contributed by atoms with van der Waals surface area (Å²) >= 11 is 1.41. The zero-order valence-corrected chi connectivity index (χ0v) is 15.6. The summed E-state index contributed by atoms with van der Waals surface area (Å²) in [6.45, 7) is 0. The first-order valence-corrected chi connectivity index (χ1v) is 10.6. The van der Waals surface area contributed by atoms with Crippen LogP contribution in [-0.2, 0) is 4.79 Å². The zero-order valence-electron chi connectivity index (χ0n) is 14.8. The van der Waals surface area contributed by atoms with E-state index in [1.807, 2.05) is 30.3 Å². The van der Waals surface area contributed by atoms with Crippen LogP contribution >= 0.6 is 11.8 Å². The van der Waals surface area contributed by atoms with Crippen LogP contribution in [0.2, 0.25) is 0 Å². The molecule has 1 heterocycles. The molecule has 4 bridgehead atoms. The SMILES string of the molecule is O=C(CSc1n[nH]c(-c2ccccc2)n1)NC12CC3CC(CC(C3)C1)C2. The number of benzene rings is 1. The number of H-pyrrole nitrogens is 1. The molecule has 1 aromatic heterocycles. The topological polar surface area (TPSA) is 70.7 Å². The summed E-state index contributed by atoms with van der Waals surface area (Å²) in [7, 11) is 0. The maximum Gasteiger partial charge on any atom is 0.230 e. The molecule has 2 aromatic rings. The van der Waals surface area contributed by atoms with Gasteiger partial charge in [0.05, 0.1) is 5.75 Å². The summed E-state index contributed by atoms with van der Waals surface area (Å²) in [5, 5.41) is 11.2.